The Hall–Kier alpha value is -2.50. The van der Waals surface area contributed by atoms with Crippen molar-refractivity contribution in [2.45, 2.75) is 39.2 Å². The molecule has 1 aromatic heterocycles. The van der Waals surface area contributed by atoms with E-state index in [2.05, 4.69) is 9.98 Å². The van der Waals surface area contributed by atoms with Gasteiger partial charge in [-0.05, 0) is 31.0 Å². The predicted molar refractivity (Wildman–Crippen MR) is 98.7 cm³/mol. The minimum atomic E-state index is -2.67. The molecule has 0 spiro atoms. The Bertz CT molecular complexity index is 783. The second kappa shape index (κ2) is 7.81. The van der Waals surface area contributed by atoms with Crippen molar-refractivity contribution in [3.05, 3.63) is 52.7 Å². The number of aromatic nitrogens is 1. The minimum Gasteiger partial charge on any atom is -0.473 e. The minimum absolute atomic E-state index is 0.0121. The molecule has 0 saturated heterocycles. The van der Waals surface area contributed by atoms with Crippen molar-refractivity contribution in [1.82, 2.24) is 9.88 Å². The van der Waals surface area contributed by atoms with E-state index in [0.717, 1.165) is 6.54 Å². The first kappa shape index (κ1) is 18.3. The van der Waals surface area contributed by atoms with E-state index < -0.39 is 6.43 Å². The highest BCUT2D eigenvalue weighted by Crippen LogP contribution is 2.34. The number of halogens is 2. The summed E-state index contributed by atoms with van der Waals surface area (Å²) in [5.74, 6) is 0.0121. The summed E-state index contributed by atoms with van der Waals surface area (Å²) in [5, 5.41) is 0. The van der Waals surface area contributed by atoms with Gasteiger partial charge in [0.05, 0.1) is 23.3 Å². The van der Waals surface area contributed by atoms with Gasteiger partial charge < -0.3 is 9.64 Å². The molecule has 26 heavy (non-hydrogen) atoms. The Morgan fingerprint density at radius 2 is 1.96 bits per heavy atom. The number of nitrogens with zero attached hydrogens (tertiary/aromatic N) is 3. The van der Waals surface area contributed by atoms with Crippen molar-refractivity contribution in [3.8, 4) is 5.88 Å². The van der Waals surface area contributed by atoms with Crippen molar-refractivity contribution in [2.24, 2.45) is 4.99 Å². The Labute approximate surface area is 152 Å². The lowest BCUT2D eigenvalue weighted by Crippen LogP contribution is -2.18. The number of benzene rings is 1. The smallest absolute Gasteiger partial charge is 0.269 e. The molecule has 0 bridgehead atoms. The van der Waals surface area contributed by atoms with Crippen LogP contribution in [0, 0.1) is 6.92 Å². The Balaban J connectivity index is 1.83. The third kappa shape index (κ3) is 4.00. The summed E-state index contributed by atoms with van der Waals surface area (Å²) >= 11 is 0. The van der Waals surface area contributed by atoms with E-state index in [1.165, 1.54) is 17.2 Å². The molecule has 0 amide bonds. The van der Waals surface area contributed by atoms with Gasteiger partial charge in [-0.15, -0.1) is 0 Å². The summed E-state index contributed by atoms with van der Waals surface area (Å²) in [7, 11) is 1.87. The average molecular weight is 359 g/mol. The largest absolute Gasteiger partial charge is 0.473 e. The SMILES string of the molecule is CCN(C)C=Nc1cc(C(F)F)c(OC2Cc3ccccc3C2)nc1C. The van der Waals surface area contributed by atoms with Crippen molar-refractivity contribution < 1.29 is 13.5 Å². The van der Waals surface area contributed by atoms with E-state index >= 15 is 0 Å². The molecule has 0 saturated carbocycles. The fraction of sp³-hybridized carbons (Fsp3) is 0.400. The summed E-state index contributed by atoms with van der Waals surface area (Å²) in [4.78, 5) is 10.4. The van der Waals surface area contributed by atoms with Gasteiger partial charge in [0.1, 0.15) is 6.10 Å². The highest BCUT2D eigenvalue weighted by Gasteiger charge is 2.26. The van der Waals surface area contributed by atoms with Crippen LogP contribution in [0.25, 0.3) is 0 Å². The van der Waals surface area contributed by atoms with Crippen LogP contribution in [0.5, 0.6) is 5.88 Å². The Kier molecular flexibility index (Phi) is 5.49. The maximum Gasteiger partial charge on any atom is 0.269 e. The van der Waals surface area contributed by atoms with E-state index in [1.807, 2.05) is 43.1 Å². The molecule has 0 radical (unpaired) electrons. The standard InChI is InChI=1S/C20H23F2N3O/c1-4-25(3)12-23-18-11-17(19(21)22)20(24-13(18)2)26-16-9-14-7-5-6-8-15(14)10-16/h5-8,11-12,16,19H,4,9-10H2,1-3H3. The number of aliphatic imine (C=N–C) groups is 1. The highest BCUT2D eigenvalue weighted by molar-refractivity contribution is 5.63. The summed E-state index contributed by atoms with van der Waals surface area (Å²) < 4.78 is 33.0. The molecule has 138 valence electrons. The van der Waals surface area contributed by atoms with Crippen LogP contribution in [0.2, 0.25) is 0 Å². The molecule has 0 fully saturated rings. The van der Waals surface area contributed by atoms with Crippen molar-refractivity contribution in [3.63, 3.8) is 0 Å². The van der Waals surface area contributed by atoms with Gasteiger partial charge in [-0.2, -0.15) is 0 Å². The van der Waals surface area contributed by atoms with E-state index in [0.29, 0.717) is 24.2 Å². The molecule has 1 heterocycles. The molecular weight excluding hydrogens is 336 g/mol. The first-order valence-electron chi connectivity index (χ1n) is 8.75. The molecule has 3 rings (SSSR count). The van der Waals surface area contributed by atoms with Crippen molar-refractivity contribution in [2.75, 3.05) is 13.6 Å². The van der Waals surface area contributed by atoms with Crippen LogP contribution in [-0.2, 0) is 12.8 Å². The third-order valence-electron chi connectivity index (χ3n) is 4.60. The first-order chi connectivity index (χ1) is 12.5. The molecule has 1 aliphatic carbocycles. The number of hydrogen-bond donors (Lipinski definition) is 0. The maximum absolute atomic E-state index is 13.6. The van der Waals surface area contributed by atoms with Crippen LogP contribution in [0.15, 0.2) is 35.3 Å². The predicted octanol–water partition coefficient (Wildman–Crippen LogP) is 4.49. The molecule has 0 atom stereocenters. The monoisotopic (exact) mass is 359 g/mol. The zero-order valence-corrected chi connectivity index (χ0v) is 15.2. The van der Waals surface area contributed by atoms with Crippen LogP contribution >= 0.6 is 0 Å². The molecule has 1 aromatic carbocycles. The molecular formula is C20H23F2N3O. The number of hydrogen-bond acceptors (Lipinski definition) is 3. The summed E-state index contributed by atoms with van der Waals surface area (Å²) in [5.41, 5.74) is 3.20. The van der Waals surface area contributed by atoms with Gasteiger partial charge in [0.25, 0.3) is 6.43 Å². The molecule has 6 heteroatoms. The lowest BCUT2D eigenvalue weighted by molar-refractivity contribution is 0.135. The van der Waals surface area contributed by atoms with Crippen LogP contribution in [0.4, 0.5) is 14.5 Å². The zero-order chi connectivity index (χ0) is 18.7. The summed E-state index contributed by atoms with van der Waals surface area (Å²) in [6.45, 7) is 4.52. The number of ether oxygens (including phenoxy) is 1. The zero-order valence-electron chi connectivity index (χ0n) is 15.2. The average Bonchev–Trinajstić information content (AvgIpc) is 3.02. The second-order valence-corrected chi connectivity index (χ2v) is 6.52. The highest BCUT2D eigenvalue weighted by atomic mass is 19.3. The van der Waals surface area contributed by atoms with Crippen LogP contribution in [-0.4, -0.2) is 35.9 Å². The number of alkyl halides is 2. The Morgan fingerprint density at radius 3 is 2.54 bits per heavy atom. The van der Waals surface area contributed by atoms with Gasteiger partial charge in [0.2, 0.25) is 5.88 Å². The molecule has 0 unspecified atom stereocenters. The number of fused-ring (bicyclic) bond motifs is 1. The van der Waals surface area contributed by atoms with Gasteiger partial charge >= 0.3 is 0 Å². The van der Waals surface area contributed by atoms with E-state index in [1.54, 1.807) is 13.3 Å². The molecule has 2 aromatic rings. The van der Waals surface area contributed by atoms with Gasteiger partial charge in [-0.25, -0.2) is 18.8 Å². The van der Waals surface area contributed by atoms with Gasteiger partial charge in [-0.3, -0.25) is 0 Å². The van der Waals surface area contributed by atoms with E-state index in [4.69, 9.17) is 4.74 Å². The van der Waals surface area contributed by atoms with E-state index in [-0.39, 0.29) is 17.5 Å². The lowest BCUT2D eigenvalue weighted by Gasteiger charge is -2.17. The van der Waals surface area contributed by atoms with Crippen LogP contribution in [0.1, 0.15) is 35.7 Å². The van der Waals surface area contributed by atoms with Crippen molar-refractivity contribution in [1.29, 1.82) is 0 Å². The molecule has 1 aliphatic rings. The number of rotatable bonds is 6. The van der Waals surface area contributed by atoms with Gasteiger partial charge in [0.15, 0.2) is 0 Å². The molecule has 0 aliphatic heterocycles. The van der Waals surface area contributed by atoms with Gasteiger partial charge in [-0.1, -0.05) is 24.3 Å². The summed E-state index contributed by atoms with van der Waals surface area (Å²) in [6.07, 6.45) is 0.201. The lowest BCUT2D eigenvalue weighted by atomic mass is 10.1. The number of pyridine rings is 1. The first-order valence-corrected chi connectivity index (χ1v) is 8.75. The maximum atomic E-state index is 13.6. The molecule has 4 nitrogen and oxygen atoms in total. The Morgan fingerprint density at radius 1 is 1.31 bits per heavy atom. The normalized spacial score (nSPS) is 14.2. The van der Waals surface area contributed by atoms with Crippen molar-refractivity contribution >= 4 is 12.0 Å². The second-order valence-electron chi connectivity index (χ2n) is 6.52. The summed E-state index contributed by atoms with van der Waals surface area (Å²) in [6, 6.07) is 9.44. The fourth-order valence-corrected chi connectivity index (χ4v) is 2.97. The van der Waals surface area contributed by atoms with Crippen LogP contribution < -0.4 is 4.74 Å². The third-order valence-corrected chi connectivity index (χ3v) is 4.60. The quantitative estimate of drug-likeness (QED) is 0.563. The fourth-order valence-electron chi connectivity index (χ4n) is 2.97. The van der Waals surface area contributed by atoms with E-state index in [9.17, 15) is 8.78 Å². The molecule has 0 N–H and O–H groups in total. The number of aryl methyl sites for hydroxylation is 1. The van der Waals surface area contributed by atoms with Gasteiger partial charge in [0, 0.05) is 26.4 Å². The topological polar surface area (TPSA) is 37.7 Å². The van der Waals surface area contributed by atoms with Crippen LogP contribution in [0.3, 0.4) is 0 Å².